The molecule has 2 aromatic rings. The number of carboxylic acids is 1. The molecule has 1 heterocycles. The molecule has 6 nitrogen and oxygen atoms in total. The van der Waals surface area contributed by atoms with Crippen LogP contribution in [0.25, 0.3) is 0 Å². The summed E-state index contributed by atoms with van der Waals surface area (Å²) >= 11 is 0. The summed E-state index contributed by atoms with van der Waals surface area (Å²) in [4.78, 5) is 11.6. The third kappa shape index (κ3) is 4.99. The monoisotopic (exact) mass is 467 g/mol. The van der Waals surface area contributed by atoms with Crippen molar-refractivity contribution in [2.75, 3.05) is 13.2 Å². The van der Waals surface area contributed by atoms with Crippen molar-refractivity contribution in [3.05, 3.63) is 65.2 Å². The van der Waals surface area contributed by atoms with Crippen molar-refractivity contribution < 1.29 is 24.5 Å². The number of hydrogen-bond acceptors (Lipinski definition) is 5. The van der Waals surface area contributed by atoms with Crippen LogP contribution in [0.2, 0.25) is 0 Å². The number of fused-ring (bicyclic) bond motifs is 3. The highest BCUT2D eigenvalue weighted by Gasteiger charge is 2.73. The number of benzene rings is 2. The van der Waals surface area contributed by atoms with Gasteiger partial charge in [0, 0.05) is 29.1 Å². The summed E-state index contributed by atoms with van der Waals surface area (Å²) in [7, 11) is 0. The van der Waals surface area contributed by atoms with E-state index in [1.54, 1.807) is 6.92 Å². The quantitative estimate of drug-likeness (QED) is 0.427. The minimum absolute atomic E-state index is 0.0761. The Kier molecular flexibility index (Phi) is 7.04. The van der Waals surface area contributed by atoms with Crippen LogP contribution in [0.5, 0.6) is 5.75 Å². The normalized spacial score (nSPS) is 24.6. The lowest BCUT2D eigenvalue weighted by Crippen LogP contribution is -2.44. The molecule has 1 saturated carbocycles. The highest BCUT2D eigenvalue weighted by molar-refractivity contribution is 5.84. The first-order chi connectivity index (χ1) is 16.1. The minimum Gasteiger partial charge on any atom is -0.488 e. The van der Waals surface area contributed by atoms with E-state index in [0.29, 0.717) is 6.54 Å². The number of rotatable bonds is 12. The second kappa shape index (κ2) is 9.68. The standard InChI is InChI=1S/C28H37NO5/c1-18(21-13-8-14-22-23-25(34-24(21)22)28(23,4)26(31)32)33-17-20(30)16-29-27(2,3)15-9-12-19-10-6-5-7-11-19/h5-8,10-11,13-14,18,20,23,25,29-30H,9,12,15-17H2,1-4H3,(H,31,32)/t18-,20-,23-,25+,28+/m1/s1. The number of aliphatic hydroxyl groups excluding tert-OH is 1. The molecule has 184 valence electrons. The van der Waals surface area contributed by atoms with Gasteiger partial charge in [-0.25, -0.2) is 0 Å². The maximum Gasteiger partial charge on any atom is 0.313 e. The van der Waals surface area contributed by atoms with Crippen LogP contribution >= 0.6 is 0 Å². The predicted molar refractivity (Wildman–Crippen MR) is 131 cm³/mol. The van der Waals surface area contributed by atoms with Crippen molar-refractivity contribution in [1.29, 1.82) is 0 Å². The molecule has 5 atom stereocenters. The van der Waals surface area contributed by atoms with Gasteiger partial charge >= 0.3 is 5.97 Å². The van der Waals surface area contributed by atoms with Gasteiger partial charge in [-0.15, -0.1) is 0 Å². The van der Waals surface area contributed by atoms with Crippen LogP contribution in [-0.4, -0.2) is 47.1 Å². The second-order valence-electron chi connectivity index (χ2n) is 10.6. The molecule has 1 fully saturated rings. The molecule has 34 heavy (non-hydrogen) atoms. The topological polar surface area (TPSA) is 88.0 Å². The average Bonchev–Trinajstić information content (AvgIpc) is 3.20. The summed E-state index contributed by atoms with van der Waals surface area (Å²) in [6.07, 6.45) is 1.93. The molecular formula is C28H37NO5. The van der Waals surface area contributed by atoms with Crippen LogP contribution in [0.1, 0.15) is 69.2 Å². The third-order valence-electron chi connectivity index (χ3n) is 7.45. The molecule has 0 radical (unpaired) electrons. The summed E-state index contributed by atoms with van der Waals surface area (Å²) < 4.78 is 12.0. The molecule has 4 rings (SSSR count). The van der Waals surface area contributed by atoms with Gasteiger partial charge in [0.2, 0.25) is 0 Å². The predicted octanol–water partition coefficient (Wildman–Crippen LogP) is 4.47. The number of hydrogen-bond donors (Lipinski definition) is 3. The summed E-state index contributed by atoms with van der Waals surface area (Å²) in [6.45, 7) is 8.66. The summed E-state index contributed by atoms with van der Waals surface area (Å²) in [5, 5.41) is 23.5. The molecule has 3 N–H and O–H groups in total. The average molecular weight is 468 g/mol. The number of para-hydroxylation sites is 1. The van der Waals surface area contributed by atoms with Gasteiger partial charge in [0.15, 0.2) is 0 Å². The van der Waals surface area contributed by atoms with Crippen LogP contribution in [0, 0.1) is 5.41 Å². The number of carbonyl (C=O) groups is 1. The van der Waals surface area contributed by atoms with Crippen LogP contribution < -0.4 is 10.1 Å². The fourth-order valence-electron chi connectivity index (χ4n) is 5.07. The zero-order valence-corrected chi connectivity index (χ0v) is 20.6. The van der Waals surface area contributed by atoms with Gasteiger partial charge in [-0.3, -0.25) is 4.79 Å². The highest BCUT2D eigenvalue weighted by Crippen LogP contribution is 2.67. The molecular weight excluding hydrogens is 430 g/mol. The molecule has 1 aliphatic carbocycles. The van der Waals surface area contributed by atoms with Crippen molar-refractivity contribution in [3.63, 3.8) is 0 Å². The molecule has 2 aliphatic rings. The van der Waals surface area contributed by atoms with Gasteiger partial charge in [-0.2, -0.15) is 0 Å². The zero-order chi connectivity index (χ0) is 24.5. The summed E-state index contributed by atoms with van der Waals surface area (Å²) in [6, 6.07) is 16.3. The smallest absolute Gasteiger partial charge is 0.313 e. The van der Waals surface area contributed by atoms with Crippen molar-refractivity contribution in [2.24, 2.45) is 5.41 Å². The van der Waals surface area contributed by atoms with Crippen molar-refractivity contribution >= 4 is 5.97 Å². The van der Waals surface area contributed by atoms with Gasteiger partial charge in [-0.1, -0.05) is 48.5 Å². The number of β-amino-alcohol motifs (C(OH)–C–C–N with tert-alkyl or cyclic N) is 1. The Hall–Kier alpha value is -2.41. The molecule has 0 unspecified atom stereocenters. The van der Waals surface area contributed by atoms with E-state index in [-0.39, 0.29) is 30.3 Å². The first-order valence-electron chi connectivity index (χ1n) is 12.2. The van der Waals surface area contributed by atoms with E-state index in [4.69, 9.17) is 9.47 Å². The van der Waals surface area contributed by atoms with E-state index < -0.39 is 17.5 Å². The van der Waals surface area contributed by atoms with Crippen LogP contribution in [-0.2, 0) is 16.0 Å². The molecule has 6 heteroatoms. The van der Waals surface area contributed by atoms with Gasteiger partial charge in [0.1, 0.15) is 17.3 Å². The number of aryl methyl sites for hydroxylation is 1. The minimum atomic E-state index is -0.842. The number of ether oxygens (including phenoxy) is 2. The van der Waals surface area contributed by atoms with Crippen molar-refractivity contribution in [3.8, 4) is 5.75 Å². The van der Waals surface area contributed by atoms with E-state index >= 15 is 0 Å². The van der Waals surface area contributed by atoms with Gasteiger partial charge < -0.3 is 25.0 Å². The molecule has 0 bridgehead atoms. The van der Waals surface area contributed by atoms with Crippen molar-refractivity contribution in [1.82, 2.24) is 5.32 Å². The van der Waals surface area contributed by atoms with E-state index in [1.165, 1.54) is 5.56 Å². The van der Waals surface area contributed by atoms with Crippen molar-refractivity contribution in [2.45, 2.75) is 76.7 Å². The lowest BCUT2D eigenvalue weighted by atomic mass is 9.95. The number of carboxylic acid groups (broad SMARTS) is 1. The molecule has 1 aliphatic heterocycles. The van der Waals surface area contributed by atoms with Crippen LogP contribution in [0.15, 0.2) is 48.5 Å². The van der Waals surface area contributed by atoms with E-state index in [2.05, 4.69) is 43.4 Å². The molecule has 0 amide bonds. The van der Waals surface area contributed by atoms with Gasteiger partial charge in [0.05, 0.1) is 18.8 Å². The Morgan fingerprint density at radius 2 is 1.94 bits per heavy atom. The Morgan fingerprint density at radius 3 is 2.65 bits per heavy atom. The Morgan fingerprint density at radius 1 is 1.21 bits per heavy atom. The Bertz CT molecular complexity index is 1010. The Labute approximate surface area is 202 Å². The summed E-state index contributed by atoms with van der Waals surface area (Å²) in [5.41, 5.74) is 2.28. The summed E-state index contributed by atoms with van der Waals surface area (Å²) in [5.74, 6) is -0.177. The van der Waals surface area contributed by atoms with E-state index in [1.807, 2.05) is 31.2 Å². The first-order valence-corrected chi connectivity index (χ1v) is 12.2. The molecule has 0 saturated heterocycles. The zero-order valence-electron chi connectivity index (χ0n) is 20.6. The fraction of sp³-hybridized carbons (Fsp3) is 0.536. The molecule has 2 aromatic carbocycles. The second-order valence-corrected chi connectivity index (χ2v) is 10.6. The lowest BCUT2D eigenvalue weighted by Gasteiger charge is -2.28. The van der Waals surface area contributed by atoms with Crippen LogP contribution in [0.3, 0.4) is 0 Å². The Balaban J connectivity index is 1.23. The van der Waals surface area contributed by atoms with Gasteiger partial charge in [0.25, 0.3) is 0 Å². The lowest BCUT2D eigenvalue weighted by molar-refractivity contribution is -0.144. The fourth-order valence-corrected chi connectivity index (χ4v) is 5.07. The third-order valence-corrected chi connectivity index (χ3v) is 7.45. The molecule has 0 spiro atoms. The maximum absolute atomic E-state index is 11.6. The maximum atomic E-state index is 11.6. The largest absolute Gasteiger partial charge is 0.488 e. The highest BCUT2D eigenvalue weighted by atomic mass is 16.5. The van der Waals surface area contributed by atoms with E-state index in [9.17, 15) is 15.0 Å². The number of aliphatic carboxylic acids is 1. The van der Waals surface area contributed by atoms with Crippen LogP contribution in [0.4, 0.5) is 0 Å². The first kappa shape index (κ1) is 24.7. The SMILES string of the molecule is C[C@@H](OC[C@H](O)CNC(C)(C)CCCc1ccccc1)c1cccc2c1O[C@H]1[C@@H]2[C@]1(C)C(=O)O. The van der Waals surface area contributed by atoms with E-state index in [0.717, 1.165) is 36.1 Å². The molecule has 0 aromatic heterocycles. The van der Waals surface area contributed by atoms with Gasteiger partial charge in [-0.05, 0) is 52.5 Å². The number of nitrogens with one attached hydrogen (secondary N) is 1. The number of aliphatic hydroxyl groups is 1.